The highest BCUT2D eigenvalue weighted by Gasteiger charge is 2.57. The number of amides is 1. The number of carbonyl (C=O) groups is 1. The molecule has 1 amide bonds. The number of hydrogen-bond acceptors (Lipinski definition) is 6. The molecular weight excluding hydrogens is 588 g/mol. The van der Waals surface area contributed by atoms with E-state index in [1.165, 1.54) is 31.4 Å². The Balaban J connectivity index is 1.57. The minimum atomic E-state index is -4.22. The first-order chi connectivity index (χ1) is 20.0. The average molecular weight is 626 g/mol. The molecule has 12 heteroatoms. The van der Waals surface area contributed by atoms with E-state index in [4.69, 9.17) is 26.9 Å². The highest BCUT2D eigenvalue weighted by molar-refractivity contribution is 7.89. The number of rotatable bonds is 10. The van der Waals surface area contributed by atoms with Crippen LogP contribution in [-0.4, -0.2) is 50.6 Å². The van der Waals surface area contributed by atoms with Crippen LogP contribution < -0.4 is 15.4 Å². The lowest BCUT2D eigenvalue weighted by molar-refractivity contribution is -0.186. The molecule has 2 saturated heterocycles. The van der Waals surface area contributed by atoms with E-state index >= 15 is 8.78 Å². The second-order valence-electron chi connectivity index (χ2n) is 11.7. The first kappa shape index (κ1) is 31.1. The number of fused-ring (bicyclic) bond motifs is 2. The van der Waals surface area contributed by atoms with Crippen molar-refractivity contribution in [2.24, 2.45) is 17.6 Å². The van der Waals surface area contributed by atoms with Gasteiger partial charge in [-0.05, 0) is 68.7 Å². The van der Waals surface area contributed by atoms with Gasteiger partial charge < -0.3 is 15.4 Å². The van der Waals surface area contributed by atoms with Gasteiger partial charge in [-0.1, -0.05) is 60.0 Å². The van der Waals surface area contributed by atoms with Crippen molar-refractivity contribution in [2.75, 3.05) is 7.11 Å². The molecule has 2 aliphatic heterocycles. The van der Waals surface area contributed by atoms with E-state index in [0.29, 0.717) is 38.5 Å². The zero-order valence-electron chi connectivity index (χ0n) is 23.6. The molecule has 230 valence electrons. The van der Waals surface area contributed by atoms with Crippen molar-refractivity contribution >= 4 is 27.5 Å². The van der Waals surface area contributed by atoms with Crippen molar-refractivity contribution in [1.29, 1.82) is 0 Å². The number of ether oxygens (including phenoxy) is 1. The number of halogens is 3. The van der Waals surface area contributed by atoms with Crippen LogP contribution in [0.15, 0.2) is 53.4 Å². The first-order valence-corrected chi connectivity index (χ1v) is 16.4. The summed E-state index contributed by atoms with van der Waals surface area (Å²) < 4.78 is 65.4. The highest BCUT2D eigenvalue weighted by Crippen LogP contribution is 2.48. The maximum Gasteiger partial charge on any atom is 0.287 e. The van der Waals surface area contributed by atoms with Gasteiger partial charge >= 0.3 is 0 Å². The molecule has 2 bridgehead atoms. The number of nitrogens with two attached hydrogens (primary N) is 1. The van der Waals surface area contributed by atoms with Crippen LogP contribution in [0.5, 0.6) is 5.75 Å². The van der Waals surface area contributed by atoms with Crippen LogP contribution in [-0.2, 0) is 25.6 Å². The molecule has 1 aliphatic carbocycles. The molecular formula is C30H38ClF2N3O5S. The molecule has 8 nitrogen and oxygen atoms in total. The van der Waals surface area contributed by atoms with Crippen LogP contribution in [0, 0.1) is 11.8 Å². The summed E-state index contributed by atoms with van der Waals surface area (Å²) in [6.45, 7) is 0. The Hall–Kier alpha value is -2.31. The van der Waals surface area contributed by atoms with Crippen molar-refractivity contribution in [3.8, 4) is 5.75 Å². The summed E-state index contributed by atoms with van der Waals surface area (Å²) >= 11 is 6.15. The molecule has 1 saturated carbocycles. The predicted molar refractivity (Wildman–Crippen MR) is 154 cm³/mol. The minimum absolute atomic E-state index is 0.0453. The summed E-state index contributed by atoms with van der Waals surface area (Å²) in [7, 11) is -2.89. The molecule has 3 aliphatic rings. The maximum absolute atomic E-state index is 16.9. The predicted octanol–water partition coefficient (Wildman–Crippen LogP) is 5.40. The van der Waals surface area contributed by atoms with Gasteiger partial charge in [0, 0.05) is 23.7 Å². The Labute approximate surface area is 250 Å². The smallest absolute Gasteiger partial charge is 0.287 e. The lowest BCUT2D eigenvalue weighted by Gasteiger charge is -2.44. The molecule has 0 radical (unpaired) electrons. The third-order valence-electron chi connectivity index (χ3n) is 9.01. The molecule has 0 aromatic heterocycles. The average Bonchev–Trinajstić information content (AvgIpc) is 3.26. The number of methoxy groups -OCH3 is 1. The zero-order chi connectivity index (χ0) is 30.1. The normalized spacial score (nSPS) is 24.8. The van der Waals surface area contributed by atoms with Gasteiger partial charge in [0.2, 0.25) is 5.91 Å². The van der Waals surface area contributed by atoms with E-state index in [1.807, 2.05) is 0 Å². The largest absolute Gasteiger partial charge is 0.495 e. The van der Waals surface area contributed by atoms with Crippen LogP contribution in [0.3, 0.4) is 0 Å². The Morgan fingerprint density at radius 2 is 1.69 bits per heavy atom. The minimum Gasteiger partial charge on any atom is -0.495 e. The van der Waals surface area contributed by atoms with Crippen molar-refractivity contribution in [1.82, 2.24) is 9.79 Å². The second-order valence-corrected chi connectivity index (χ2v) is 13.7. The molecule has 2 aromatic rings. The number of piperidine rings is 1. The fraction of sp³-hybridized carbons (Fsp3) is 0.567. The highest BCUT2D eigenvalue weighted by atomic mass is 35.5. The van der Waals surface area contributed by atoms with Crippen molar-refractivity contribution in [3.63, 3.8) is 0 Å². The van der Waals surface area contributed by atoms with Gasteiger partial charge in [0.1, 0.15) is 17.8 Å². The van der Waals surface area contributed by atoms with Gasteiger partial charge in [-0.15, -0.1) is 0 Å². The number of nitrogens with zero attached hydrogens (tertiary/aromatic N) is 1. The SMILES string of the molecule is COc1cc(C(F)(F)[C@@H](C(=O)N2[C@@H]3CC[C@@H]2CC(N)C3)C(ONS(=O)(=O)c2ccccc2)C2CCCCC2)ccc1Cl. The molecule has 2 aromatic carbocycles. The van der Waals surface area contributed by atoms with Crippen LogP contribution in [0.4, 0.5) is 8.78 Å². The zero-order valence-corrected chi connectivity index (χ0v) is 25.1. The summed E-state index contributed by atoms with van der Waals surface area (Å²) in [5.41, 5.74) is 5.77. The monoisotopic (exact) mass is 625 g/mol. The van der Waals surface area contributed by atoms with Crippen LogP contribution >= 0.6 is 11.6 Å². The van der Waals surface area contributed by atoms with Gasteiger partial charge in [0.25, 0.3) is 15.9 Å². The van der Waals surface area contributed by atoms with Crippen LogP contribution in [0.25, 0.3) is 0 Å². The summed E-state index contributed by atoms with van der Waals surface area (Å²) in [5, 5.41) is 0.152. The molecule has 2 heterocycles. The Bertz CT molecular complexity index is 1350. The van der Waals surface area contributed by atoms with Crippen LogP contribution in [0.1, 0.15) is 63.4 Å². The fourth-order valence-electron chi connectivity index (χ4n) is 6.95. The maximum atomic E-state index is 16.9. The Morgan fingerprint density at radius 1 is 1.05 bits per heavy atom. The standard InChI is InChI=1S/C30H38ClF2N3O5S/c1-40-26-16-20(12-15-25(26)31)30(32,33)27(29(37)36-22-13-14-23(36)18-21(34)17-22)28(19-8-4-2-5-9-19)41-35-42(38,39)24-10-6-3-7-11-24/h3,6-7,10-12,15-16,19,21-23,27-28,35H,2,4-5,8-9,13-14,17-18,34H2,1H3/t22-,23-,27-,28?/m1/s1. The van der Waals surface area contributed by atoms with E-state index < -0.39 is 45.4 Å². The Kier molecular flexibility index (Phi) is 9.44. The summed E-state index contributed by atoms with van der Waals surface area (Å²) in [6, 6.07) is 10.6. The molecule has 3 fully saturated rings. The van der Waals surface area contributed by atoms with E-state index in [9.17, 15) is 13.2 Å². The van der Waals surface area contributed by atoms with Crippen molar-refractivity contribution in [3.05, 3.63) is 59.1 Å². The molecule has 5 rings (SSSR count). The molecule has 42 heavy (non-hydrogen) atoms. The summed E-state index contributed by atoms with van der Waals surface area (Å²) in [6.07, 6.45) is 4.51. The van der Waals surface area contributed by atoms with Gasteiger partial charge in [-0.25, -0.2) is 17.2 Å². The second kappa shape index (κ2) is 12.7. The van der Waals surface area contributed by atoms with Gasteiger partial charge in [0.15, 0.2) is 0 Å². The summed E-state index contributed by atoms with van der Waals surface area (Å²) in [5.74, 6) is -6.95. The molecule has 4 atom stereocenters. The number of nitrogens with one attached hydrogen (secondary N) is 1. The number of hydrogen-bond donors (Lipinski definition) is 2. The number of benzene rings is 2. The third kappa shape index (κ3) is 6.31. The molecule has 3 N–H and O–H groups in total. The van der Waals surface area contributed by atoms with Gasteiger partial charge in [0.05, 0.1) is 17.0 Å². The topological polar surface area (TPSA) is 111 Å². The van der Waals surface area contributed by atoms with E-state index in [2.05, 4.69) is 4.89 Å². The number of alkyl halides is 2. The first-order valence-electron chi connectivity index (χ1n) is 14.5. The van der Waals surface area contributed by atoms with Gasteiger partial charge in [-0.2, -0.15) is 0 Å². The summed E-state index contributed by atoms with van der Waals surface area (Å²) in [4.78, 5) is 23.9. The van der Waals surface area contributed by atoms with Gasteiger partial charge in [-0.3, -0.25) is 9.63 Å². The third-order valence-corrected chi connectivity index (χ3v) is 10.5. The number of carbonyl (C=O) groups excluding carboxylic acids is 1. The molecule has 1 unspecified atom stereocenters. The quantitative estimate of drug-likeness (QED) is 0.342. The lowest BCUT2D eigenvalue weighted by Crippen LogP contribution is -2.58. The van der Waals surface area contributed by atoms with Crippen LogP contribution in [0.2, 0.25) is 5.02 Å². The number of sulfonamides is 1. The Morgan fingerprint density at radius 3 is 2.31 bits per heavy atom. The van der Waals surface area contributed by atoms with E-state index in [1.54, 1.807) is 23.1 Å². The fourth-order valence-corrected chi connectivity index (χ4v) is 8.00. The van der Waals surface area contributed by atoms with E-state index in [0.717, 1.165) is 25.3 Å². The van der Waals surface area contributed by atoms with E-state index in [-0.39, 0.29) is 33.8 Å². The lowest BCUT2D eigenvalue weighted by atomic mass is 9.76. The van der Waals surface area contributed by atoms with Crippen molar-refractivity contribution < 1.29 is 31.6 Å². The van der Waals surface area contributed by atoms with Crippen molar-refractivity contribution in [2.45, 2.75) is 92.8 Å². The molecule has 0 spiro atoms.